The monoisotopic (exact) mass is 412 g/mol. The van der Waals surface area contributed by atoms with Crippen LogP contribution in [-0.2, 0) is 9.59 Å². The molecule has 0 aromatic rings. The summed E-state index contributed by atoms with van der Waals surface area (Å²) in [5.74, 6) is -3.44. The minimum absolute atomic E-state index is 0.00958. The first kappa shape index (κ1) is 21.1. The maximum absolute atomic E-state index is 15.2. The van der Waals surface area contributed by atoms with Crippen LogP contribution in [-0.4, -0.2) is 51.4 Å². The van der Waals surface area contributed by atoms with E-state index in [9.17, 15) is 29.3 Å². The molecule has 5 nitrogen and oxygen atoms in total. The molecule has 9 atom stereocenters. The molecule has 0 amide bonds. The Kier molecular flexibility index (Phi) is 4.66. The molecule has 0 heterocycles. The molecular formula is C22H30F2O5. The summed E-state index contributed by atoms with van der Waals surface area (Å²) in [5, 5.41) is 32.1. The van der Waals surface area contributed by atoms with E-state index >= 15 is 4.39 Å². The molecule has 0 radical (unpaired) electrons. The lowest BCUT2D eigenvalue weighted by Crippen LogP contribution is -2.63. The summed E-state index contributed by atoms with van der Waals surface area (Å²) >= 11 is 0. The number of alkyl halides is 1. The van der Waals surface area contributed by atoms with E-state index in [1.54, 1.807) is 20.8 Å². The molecule has 4 rings (SSSR count). The highest BCUT2D eigenvalue weighted by Gasteiger charge is 2.71. The van der Waals surface area contributed by atoms with Crippen molar-refractivity contribution in [2.75, 3.05) is 6.61 Å². The Labute approximate surface area is 169 Å². The van der Waals surface area contributed by atoms with Crippen molar-refractivity contribution in [3.8, 4) is 0 Å². The second kappa shape index (κ2) is 6.41. The molecule has 0 saturated heterocycles. The summed E-state index contributed by atoms with van der Waals surface area (Å²) in [6, 6.07) is 0. The van der Waals surface area contributed by atoms with Crippen LogP contribution in [0, 0.1) is 34.5 Å². The lowest BCUT2D eigenvalue weighted by atomic mass is 9.45. The van der Waals surface area contributed by atoms with E-state index in [1.807, 2.05) is 0 Å². The minimum Gasteiger partial charge on any atom is -0.393 e. The third-order valence-corrected chi connectivity index (χ3v) is 9.09. The van der Waals surface area contributed by atoms with Crippen LogP contribution in [0.1, 0.15) is 52.9 Å². The van der Waals surface area contributed by atoms with Crippen molar-refractivity contribution in [1.82, 2.24) is 0 Å². The van der Waals surface area contributed by atoms with Gasteiger partial charge in [-0.1, -0.05) is 20.8 Å². The van der Waals surface area contributed by atoms with Crippen molar-refractivity contribution in [2.24, 2.45) is 34.5 Å². The Hall–Kier alpha value is -1.18. The fraction of sp³-hybridized carbons (Fsp3) is 0.818. The quantitative estimate of drug-likeness (QED) is 0.647. The van der Waals surface area contributed by atoms with Gasteiger partial charge in [0.1, 0.15) is 18.0 Å². The molecule has 0 unspecified atom stereocenters. The Bertz CT molecular complexity index is 796. The van der Waals surface area contributed by atoms with Crippen molar-refractivity contribution < 1.29 is 33.7 Å². The number of Topliss-reactive ketones (excluding diaryl/α,β-unsaturated/α-hetero) is 2. The molecule has 0 aliphatic heterocycles. The predicted octanol–water partition coefficient (Wildman–Crippen LogP) is 2.27. The fourth-order valence-electron chi connectivity index (χ4n) is 7.79. The van der Waals surface area contributed by atoms with Crippen molar-refractivity contribution in [1.29, 1.82) is 0 Å². The number of aliphatic hydroxyl groups is 3. The van der Waals surface area contributed by atoms with Gasteiger partial charge in [-0.15, -0.1) is 0 Å². The van der Waals surface area contributed by atoms with Crippen LogP contribution >= 0.6 is 0 Å². The number of carbonyl (C=O) groups excluding carboxylic acids is 2. The average molecular weight is 412 g/mol. The summed E-state index contributed by atoms with van der Waals surface area (Å²) in [4.78, 5) is 24.5. The van der Waals surface area contributed by atoms with Crippen LogP contribution in [0.25, 0.3) is 0 Å². The van der Waals surface area contributed by atoms with Crippen molar-refractivity contribution in [3.63, 3.8) is 0 Å². The Balaban J connectivity index is 1.83. The molecule has 29 heavy (non-hydrogen) atoms. The fourth-order valence-corrected chi connectivity index (χ4v) is 7.79. The molecule has 0 bridgehead atoms. The van der Waals surface area contributed by atoms with Gasteiger partial charge in [0.25, 0.3) is 0 Å². The number of halogens is 2. The van der Waals surface area contributed by atoms with Gasteiger partial charge in [0.15, 0.2) is 17.7 Å². The smallest absolute Gasteiger partial charge is 0.190 e. The zero-order valence-corrected chi connectivity index (χ0v) is 17.1. The predicted molar refractivity (Wildman–Crippen MR) is 100 cm³/mol. The summed E-state index contributed by atoms with van der Waals surface area (Å²) in [7, 11) is 0. The van der Waals surface area contributed by atoms with Gasteiger partial charge in [-0.25, -0.2) is 8.78 Å². The van der Waals surface area contributed by atoms with Gasteiger partial charge in [-0.3, -0.25) is 9.59 Å². The van der Waals surface area contributed by atoms with Gasteiger partial charge in [0.2, 0.25) is 0 Å². The lowest BCUT2D eigenvalue weighted by molar-refractivity contribution is -0.186. The van der Waals surface area contributed by atoms with Crippen LogP contribution in [0.2, 0.25) is 0 Å². The van der Waals surface area contributed by atoms with Gasteiger partial charge in [0, 0.05) is 29.2 Å². The maximum Gasteiger partial charge on any atom is 0.190 e. The highest BCUT2D eigenvalue weighted by Crippen LogP contribution is 2.69. The highest BCUT2D eigenvalue weighted by atomic mass is 19.1. The third-order valence-electron chi connectivity index (χ3n) is 9.09. The largest absolute Gasteiger partial charge is 0.393 e. The lowest BCUT2D eigenvalue weighted by Gasteiger charge is -2.60. The molecule has 4 aliphatic carbocycles. The number of rotatable bonds is 2. The molecule has 3 fully saturated rings. The number of allylic oxidation sites excluding steroid dienone is 2. The molecule has 3 saturated carbocycles. The van der Waals surface area contributed by atoms with E-state index in [1.165, 1.54) is 0 Å². The van der Waals surface area contributed by atoms with Crippen LogP contribution < -0.4 is 0 Å². The standard InChI is InChI=1S/C22H30F2O5/c1-10-6-12-11-7-13(23)18-19(24)14(26)4-5-20(18,2)17(11)15(27)8-21(12,3)22(10,29)16(28)9-25/h10-12,15,17,19,25,27,29H,4-9H2,1-3H3/t10-,11+,12+,15+,17-,19-,20-,21+,22+/m1/s1. The first-order valence-corrected chi connectivity index (χ1v) is 10.5. The summed E-state index contributed by atoms with van der Waals surface area (Å²) in [6.45, 7) is 4.44. The van der Waals surface area contributed by atoms with Crippen molar-refractivity contribution in [2.45, 2.75) is 70.8 Å². The Morgan fingerprint density at radius 3 is 2.59 bits per heavy atom. The average Bonchev–Trinajstić information content (AvgIpc) is 2.85. The number of carbonyl (C=O) groups is 2. The summed E-state index contributed by atoms with van der Waals surface area (Å²) in [5.41, 5.74) is -3.89. The van der Waals surface area contributed by atoms with Crippen LogP contribution in [0.5, 0.6) is 0 Å². The van der Waals surface area contributed by atoms with Crippen molar-refractivity contribution >= 4 is 11.6 Å². The third kappa shape index (κ3) is 2.41. The Morgan fingerprint density at radius 2 is 1.97 bits per heavy atom. The molecule has 0 aromatic heterocycles. The highest BCUT2D eigenvalue weighted by molar-refractivity contribution is 5.90. The Morgan fingerprint density at radius 1 is 1.31 bits per heavy atom. The minimum atomic E-state index is -1.97. The molecule has 4 aliphatic rings. The van der Waals surface area contributed by atoms with E-state index in [0.717, 1.165) is 0 Å². The number of fused-ring (bicyclic) bond motifs is 5. The number of ketones is 2. The molecule has 0 spiro atoms. The molecule has 162 valence electrons. The van der Waals surface area contributed by atoms with Crippen LogP contribution in [0.15, 0.2) is 11.4 Å². The summed E-state index contributed by atoms with van der Waals surface area (Å²) < 4.78 is 30.0. The van der Waals surface area contributed by atoms with Crippen LogP contribution in [0.3, 0.4) is 0 Å². The van der Waals surface area contributed by atoms with E-state index in [4.69, 9.17) is 0 Å². The van der Waals surface area contributed by atoms with Gasteiger partial charge >= 0.3 is 0 Å². The SMILES string of the molecule is C[C@@H]1C[C@H]2[C@@H]3CC(F)=C4[C@H](F)C(=O)CC[C@]4(C)[C@H]3[C@@H](O)C[C@]2(C)[C@@]1(O)C(=O)CO. The second-order valence-corrected chi connectivity index (χ2v) is 10.2. The number of hydrogen-bond donors (Lipinski definition) is 3. The molecular weight excluding hydrogens is 382 g/mol. The van der Waals surface area contributed by atoms with E-state index in [2.05, 4.69) is 0 Å². The van der Waals surface area contributed by atoms with Crippen LogP contribution in [0.4, 0.5) is 8.78 Å². The maximum atomic E-state index is 15.2. The molecule has 0 aromatic carbocycles. The van der Waals surface area contributed by atoms with E-state index in [0.29, 0.717) is 6.42 Å². The van der Waals surface area contributed by atoms with Gasteiger partial charge in [-0.05, 0) is 42.9 Å². The second-order valence-electron chi connectivity index (χ2n) is 10.2. The summed E-state index contributed by atoms with van der Waals surface area (Å²) in [6.07, 6.45) is -2.17. The van der Waals surface area contributed by atoms with Gasteiger partial charge in [0.05, 0.1) is 6.10 Å². The number of aliphatic hydroxyl groups excluding tert-OH is 2. The van der Waals surface area contributed by atoms with E-state index < -0.39 is 64.5 Å². The van der Waals surface area contributed by atoms with Gasteiger partial charge < -0.3 is 15.3 Å². The molecule has 7 heteroatoms. The zero-order valence-electron chi connectivity index (χ0n) is 17.1. The number of hydrogen-bond acceptors (Lipinski definition) is 5. The first-order chi connectivity index (χ1) is 13.4. The zero-order chi connectivity index (χ0) is 21.5. The topological polar surface area (TPSA) is 94.8 Å². The van der Waals surface area contributed by atoms with Gasteiger partial charge in [-0.2, -0.15) is 0 Å². The van der Waals surface area contributed by atoms with Crippen molar-refractivity contribution in [3.05, 3.63) is 11.4 Å². The van der Waals surface area contributed by atoms with E-state index in [-0.39, 0.29) is 43.1 Å². The molecule has 3 N–H and O–H groups in total. The first-order valence-electron chi connectivity index (χ1n) is 10.5. The normalized spacial score (nSPS) is 52.1.